The zero-order valence-corrected chi connectivity index (χ0v) is 21.4. The summed E-state index contributed by atoms with van der Waals surface area (Å²) in [6, 6.07) is 6.01. The van der Waals surface area contributed by atoms with Crippen LogP contribution >= 0.6 is 31.9 Å². The van der Waals surface area contributed by atoms with Crippen molar-refractivity contribution in [1.82, 2.24) is 19.7 Å². The minimum Gasteiger partial charge on any atom is -0.407 e. The third-order valence-corrected chi connectivity index (χ3v) is 6.80. The van der Waals surface area contributed by atoms with Crippen LogP contribution in [0.25, 0.3) is 10.9 Å². The van der Waals surface area contributed by atoms with Crippen LogP contribution in [0.1, 0.15) is 12.0 Å². The predicted octanol–water partition coefficient (Wildman–Crippen LogP) is 5.30. The maximum absolute atomic E-state index is 12.1. The summed E-state index contributed by atoms with van der Waals surface area (Å²) in [6.07, 6.45) is 11.0. The molecule has 1 amide bonds. The van der Waals surface area contributed by atoms with Gasteiger partial charge in [-0.3, -0.25) is 9.88 Å². The van der Waals surface area contributed by atoms with E-state index in [0.29, 0.717) is 11.3 Å². The Morgan fingerprint density at radius 1 is 1.16 bits per heavy atom. The topological polar surface area (TPSA) is 48.9 Å². The van der Waals surface area contributed by atoms with Crippen molar-refractivity contribution >= 4 is 48.9 Å². The number of nitrogens with zero attached hydrogens (tertiary/aromatic N) is 4. The molecule has 0 atom stereocenters. The molecule has 2 heterocycles. The maximum Gasteiger partial charge on any atom is 0.414 e. The first kappa shape index (κ1) is 23.0. The third-order valence-electron chi connectivity index (χ3n) is 5.63. The molecule has 168 valence electrons. The maximum atomic E-state index is 12.1. The van der Waals surface area contributed by atoms with E-state index in [1.165, 1.54) is 16.2 Å². The Bertz CT molecular complexity index is 1100. The third kappa shape index (κ3) is 5.24. The number of allylic oxidation sites excluding steroid dienone is 5. The number of rotatable bonds is 4. The van der Waals surface area contributed by atoms with E-state index in [1.807, 2.05) is 12.1 Å². The van der Waals surface area contributed by atoms with Gasteiger partial charge in [-0.1, -0.05) is 34.1 Å². The Balaban J connectivity index is 1.49. The fourth-order valence-electron chi connectivity index (χ4n) is 3.89. The van der Waals surface area contributed by atoms with Crippen molar-refractivity contribution in [2.24, 2.45) is 0 Å². The second-order valence-corrected chi connectivity index (χ2v) is 9.83. The summed E-state index contributed by atoms with van der Waals surface area (Å²) in [7, 11) is 3.33. The van der Waals surface area contributed by atoms with Crippen LogP contribution in [0.15, 0.2) is 63.4 Å². The van der Waals surface area contributed by atoms with Gasteiger partial charge in [-0.05, 0) is 52.2 Å². The molecule has 0 radical (unpaired) electrons. The first-order chi connectivity index (χ1) is 15.4. The average molecular weight is 562 g/mol. The van der Waals surface area contributed by atoms with E-state index < -0.39 is 6.09 Å². The Hall–Kier alpha value is -2.16. The highest BCUT2D eigenvalue weighted by atomic mass is 79.9. The van der Waals surface area contributed by atoms with Gasteiger partial charge in [-0.2, -0.15) is 0 Å². The normalized spacial score (nSPS) is 17.1. The lowest BCUT2D eigenvalue weighted by Crippen LogP contribution is -2.45. The SMILES string of the molecule is CN(C)C(=O)Oc1c(Br)cc(CN2CCN(C3=CCC=C(Br)C=C3)CC2)c2cccnc12. The van der Waals surface area contributed by atoms with Crippen LogP contribution in [-0.2, 0) is 6.54 Å². The second-order valence-electron chi connectivity index (χ2n) is 8.06. The lowest BCUT2D eigenvalue weighted by atomic mass is 10.1. The van der Waals surface area contributed by atoms with E-state index >= 15 is 0 Å². The first-order valence-electron chi connectivity index (χ1n) is 10.6. The largest absolute Gasteiger partial charge is 0.414 e. The van der Waals surface area contributed by atoms with Crippen molar-refractivity contribution in [3.63, 3.8) is 0 Å². The molecule has 2 aromatic rings. The Labute approximate surface area is 205 Å². The molecule has 0 spiro atoms. The van der Waals surface area contributed by atoms with E-state index in [0.717, 1.165) is 53.5 Å². The molecule has 0 bridgehead atoms. The van der Waals surface area contributed by atoms with Gasteiger partial charge in [0, 0.05) is 68.6 Å². The summed E-state index contributed by atoms with van der Waals surface area (Å²) in [4.78, 5) is 23.0. The number of piperazine rings is 1. The van der Waals surface area contributed by atoms with Gasteiger partial charge in [0.2, 0.25) is 0 Å². The molecule has 8 heteroatoms. The van der Waals surface area contributed by atoms with Gasteiger partial charge in [0.1, 0.15) is 5.52 Å². The smallest absolute Gasteiger partial charge is 0.407 e. The average Bonchev–Trinajstić information content (AvgIpc) is 3.01. The van der Waals surface area contributed by atoms with Crippen LogP contribution < -0.4 is 4.74 Å². The monoisotopic (exact) mass is 560 g/mol. The number of aromatic nitrogens is 1. The van der Waals surface area contributed by atoms with Gasteiger partial charge in [-0.15, -0.1) is 0 Å². The quantitative estimate of drug-likeness (QED) is 0.507. The summed E-state index contributed by atoms with van der Waals surface area (Å²) >= 11 is 7.16. The van der Waals surface area contributed by atoms with Crippen molar-refractivity contribution in [1.29, 1.82) is 0 Å². The van der Waals surface area contributed by atoms with E-state index in [9.17, 15) is 4.79 Å². The summed E-state index contributed by atoms with van der Waals surface area (Å²) in [5.74, 6) is 0.458. The molecule has 0 saturated carbocycles. The number of fused-ring (bicyclic) bond motifs is 1. The van der Waals surface area contributed by atoms with E-state index in [1.54, 1.807) is 20.3 Å². The van der Waals surface area contributed by atoms with E-state index in [2.05, 4.69) is 77.0 Å². The Morgan fingerprint density at radius 3 is 2.69 bits per heavy atom. The molecule has 0 N–H and O–H groups in total. The van der Waals surface area contributed by atoms with E-state index in [-0.39, 0.29) is 0 Å². The van der Waals surface area contributed by atoms with Gasteiger partial charge in [0.25, 0.3) is 0 Å². The Kier molecular flexibility index (Phi) is 7.33. The first-order valence-corrected chi connectivity index (χ1v) is 12.2. The van der Waals surface area contributed by atoms with Crippen LogP contribution in [0.3, 0.4) is 0 Å². The molecule has 1 fully saturated rings. The molecule has 1 aliphatic carbocycles. The van der Waals surface area contributed by atoms with Crippen molar-refractivity contribution in [3.8, 4) is 5.75 Å². The van der Waals surface area contributed by atoms with Gasteiger partial charge >= 0.3 is 6.09 Å². The summed E-state index contributed by atoms with van der Waals surface area (Å²) in [5.41, 5.74) is 3.15. The highest BCUT2D eigenvalue weighted by molar-refractivity contribution is 9.12. The zero-order valence-electron chi connectivity index (χ0n) is 18.2. The molecular weight excluding hydrogens is 536 g/mol. The molecule has 4 rings (SSSR count). The molecule has 1 aromatic heterocycles. The van der Waals surface area contributed by atoms with Crippen molar-refractivity contribution < 1.29 is 9.53 Å². The zero-order chi connectivity index (χ0) is 22.7. The fourth-order valence-corrected chi connectivity index (χ4v) is 4.76. The molecule has 1 aliphatic heterocycles. The molecule has 2 aliphatic rings. The standard InChI is InChI=1S/C24H26Br2N4O2/c1-28(2)24(31)32-23-21(26)15-17(20-7-4-10-27-22(20)23)16-29-11-13-30(14-12-29)19-6-3-5-18(25)8-9-19/h4-10,15H,3,11-14,16H2,1-2H3. The van der Waals surface area contributed by atoms with Gasteiger partial charge in [0.15, 0.2) is 5.75 Å². The number of pyridine rings is 1. The number of halogens is 2. The minimum atomic E-state index is -0.425. The number of hydrogen-bond donors (Lipinski definition) is 0. The molecule has 32 heavy (non-hydrogen) atoms. The van der Waals surface area contributed by atoms with Crippen LogP contribution in [-0.4, -0.2) is 66.1 Å². The van der Waals surface area contributed by atoms with E-state index in [4.69, 9.17) is 4.74 Å². The molecular formula is C24H26Br2N4O2. The number of ether oxygens (including phenoxy) is 1. The summed E-state index contributed by atoms with van der Waals surface area (Å²) < 4.78 is 7.47. The molecule has 6 nitrogen and oxygen atoms in total. The highest BCUT2D eigenvalue weighted by Crippen LogP contribution is 2.36. The number of carbonyl (C=O) groups excluding carboxylic acids is 1. The summed E-state index contributed by atoms with van der Waals surface area (Å²) in [6.45, 7) is 4.76. The fraction of sp³-hybridized carbons (Fsp3) is 0.333. The van der Waals surface area contributed by atoms with Crippen LogP contribution in [0.2, 0.25) is 0 Å². The number of benzene rings is 1. The van der Waals surface area contributed by atoms with Crippen molar-refractivity contribution in [2.45, 2.75) is 13.0 Å². The van der Waals surface area contributed by atoms with Gasteiger partial charge in [0.05, 0.1) is 4.47 Å². The molecule has 1 saturated heterocycles. The van der Waals surface area contributed by atoms with Crippen molar-refractivity contribution in [3.05, 3.63) is 68.9 Å². The number of carbonyl (C=O) groups is 1. The van der Waals surface area contributed by atoms with Crippen molar-refractivity contribution in [2.75, 3.05) is 40.3 Å². The van der Waals surface area contributed by atoms with Crippen LogP contribution in [0.5, 0.6) is 5.75 Å². The highest BCUT2D eigenvalue weighted by Gasteiger charge is 2.21. The second kappa shape index (κ2) is 10.2. The molecule has 1 aromatic carbocycles. The Morgan fingerprint density at radius 2 is 1.94 bits per heavy atom. The lowest BCUT2D eigenvalue weighted by molar-refractivity contribution is 0.156. The number of hydrogen-bond acceptors (Lipinski definition) is 5. The van der Waals surface area contributed by atoms with Crippen LogP contribution in [0.4, 0.5) is 4.79 Å². The van der Waals surface area contributed by atoms with Crippen LogP contribution in [0, 0.1) is 0 Å². The molecule has 0 unspecified atom stereocenters. The van der Waals surface area contributed by atoms with Gasteiger partial charge in [-0.25, -0.2) is 4.79 Å². The minimum absolute atomic E-state index is 0.425. The lowest BCUT2D eigenvalue weighted by Gasteiger charge is -2.37. The predicted molar refractivity (Wildman–Crippen MR) is 135 cm³/mol. The number of amides is 1. The summed E-state index contributed by atoms with van der Waals surface area (Å²) in [5, 5.41) is 1.00. The van der Waals surface area contributed by atoms with Gasteiger partial charge < -0.3 is 14.5 Å².